The summed E-state index contributed by atoms with van der Waals surface area (Å²) in [5.74, 6) is -1.42. The lowest BCUT2D eigenvalue weighted by molar-refractivity contribution is -0.140. The number of likely N-dealkylation sites (tertiary alicyclic amines) is 1. The first-order chi connectivity index (χ1) is 16.4. The molecule has 34 heavy (non-hydrogen) atoms. The van der Waals surface area contributed by atoms with Crippen molar-refractivity contribution in [1.29, 1.82) is 0 Å². The van der Waals surface area contributed by atoms with Crippen molar-refractivity contribution < 1.29 is 28.6 Å². The van der Waals surface area contributed by atoms with Gasteiger partial charge in [0, 0.05) is 31.7 Å². The van der Waals surface area contributed by atoms with E-state index in [0.717, 1.165) is 18.7 Å². The Morgan fingerprint density at radius 1 is 1.12 bits per heavy atom. The Bertz CT molecular complexity index is 1090. The molecule has 4 rings (SSSR count). The molecule has 8 heteroatoms. The predicted molar refractivity (Wildman–Crippen MR) is 125 cm³/mol. The number of Topliss-reactive ketones (excluding diaryl/α,β-unsaturated/α-hetero) is 1. The molecule has 7 nitrogen and oxygen atoms in total. The standard InChI is InChI=1S/C26H29FN2O5/c1-3-34-21-9-6-19(16-17(21)2)24(30)22-23(18-4-7-20(27)8-5-18)29(26(32)25(22)31)11-10-28-12-14-33-15-13-28/h4-9,16,23,30H,3,10-15H2,1-2H3/b24-22+. The van der Waals surface area contributed by atoms with Crippen molar-refractivity contribution in [2.75, 3.05) is 46.0 Å². The van der Waals surface area contributed by atoms with Crippen molar-refractivity contribution in [1.82, 2.24) is 9.80 Å². The minimum absolute atomic E-state index is 0.00199. The van der Waals surface area contributed by atoms with Crippen LogP contribution in [0.25, 0.3) is 5.76 Å². The first-order valence-electron chi connectivity index (χ1n) is 11.5. The molecule has 0 radical (unpaired) electrons. The van der Waals surface area contributed by atoms with E-state index in [-0.39, 0.29) is 11.3 Å². The number of aliphatic hydroxyl groups is 1. The minimum atomic E-state index is -0.812. The lowest BCUT2D eigenvalue weighted by Gasteiger charge is -2.31. The summed E-state index contributed by atoms with van der Waals surface area (Å²) < 4.78 is 24.6. The number of aliphatic hydroxyl groups excluding tert-OH is 1. The highest BCUT2D eigenvalue weighted by Crippen LogP contribution is 2.39. The number of aryl methyl sites for hydroxylation is 1. The molecular formula is C26H29FN2O5. The number of ketones is 1. The second-order valence-corrected chi connectivity index (χ2v) is 8.41. The van der Waals surface area contributed by atoms with Crippen LogP contribution in [0.5, 0.6) is 5.75 Å². The van der Waals surface area contributed by atoms with Gasteiger partial charge in [-0.2, -0.15) is 0 Å². The number of ether oxygens (including phenoxy) is 2. The van der Waals surface area contributed by atoms with Crippen LogP contribution in [0.2, 0.25) is 0 Å². The number of amides is 1. The van der Waals surface area contributed by atoms with E-state index in [2.05, 4.69) is 4.90 Å². The highest BCUT2D eigenvalue weighted by Gasteiger charge is 2.46. The number of hydrogen-bond acceptors (Lipinski definition) is 6. The number of nitrogens with zero attached hydrogens (tertiary/aromatic N) is 2. The van der Waals surface area contributed by atoms with E-state index in [4.69, 9.17) is 9.47 Å². The summed E-state index contributed by atoms with van der Waals surface area (Å²) in [6, 6.07) is 9.98. The van der Waals surface area contributed by atoms with E-state index < -0.39 is 23.5 Å². The van der Waals surface area contributed by atoms with Crippen molar-refractivity contribution in [3.63, 3.8) is 0 Å². The zero-order valence-corrected chi connectivity index (χ0v) is 19.4. The van der Waals surface area contributed by atoms with Crippen molar-refractivity contribution in [3.05, 3.63) is 70.5 Å². The summed E-state index contributed by atoms with van der Waals surface area (Å²) in [5.41, 5.74) is 1.78. The zero-order chi connectivity index (χ0) is 24.2. The van der Waals surface area contributed by atoms with Gasteiger partial charge in [0.1, 0.15) is 17.3 Å². The molecule has 2 aromatic carbocycles. The van der Waals surface area contributed by atoms with E-state index >= 15 is 0 Å². The van der Waals surface area contributed by atoms with Gasteiger partial charge in [0.2, 0.25) is 0 Å². The average molecular weight is 469 g/mol. The monoisotopic (exact) mass is 468 g/mol. The number of morpholine rings is 1. The van der Waals surface area contributed by atoms with Gasteiger partial charge < -0.3 is 19.5 Å². The van der Waals surface area contributed by atoms with Gasteiger partial charge in [0.15, 0.2) is 0 Å². The molecule has 0 aromatic heterocycles. The Morgan fingerprint density at radius 2 is 1.82 bits per heavy atom. The fourth-order valence-electron chi connectivity index (χ4n) is 4.45. The Balaban J connectivity index is 1.73. The van der Waals surface area contributed by atoms with Crippen LogP contribution in [0.1, 0.15) is 29.7 Å². The quantitative estimate of drug-likeness (QED) is 0.382. The number of carbonyl (C=O) groups is 2. The third-order valence-corrected chi connectivity index (χ3v) is 6.23. The molecule has 1 unspecified atom stereocenters. The van der Waals surface area contributed by atoms with Gasteiger partial charge in [-0.25, -0.2) is 4.39 Å². The van der Waals surface area contributed by atoms with Crippen LogP contribution in [-0.2, 0) is 14.3 Å². The van der Waals surface area contributed by atoms with Crippen molar-refractivity contribution in [2.45, 2.75) is 19.9 Å². The van der Waals surface area contributed by atoms with E-state index in [1.54, 1.807) is 30.3 Å². The van der Waals surface area contributed by atoms with Crippen molar-refractivity contribution >= 4 is 17.4 Å². The zero-order valence-electron chi connectivity index (χ0n) is 19.4. The molecule has 2 aromatic rings. The number of benzene rings is 2. The summed E-state index contributed by atoms with van der Waals surface area (Å²) in [6.45, 7) is 7.84. The predicted octanol–water partition coefficient (Wildman–Crippen LogP) is 3.29. The van der Waals surface area contributed by atoms with Gasteiger partial charge in [0.25, 0.3) is 11.7 Å². The Morgan fingerprint density at radius 3 is 2.47 bits per heavy atom. The number of hydrogen-bond donors (Lipinski definition) is 1. The van der Waals surface area contributed by atoms with Crippen LogP contribution in [-0.4, -0.2) is 72.6 Å². The molecule has 2 heterocycles. The first kappa shape index (κ1) is 23.9. The van der Waals surface area contributed by atoms with Gasteiger partial charge >= 0.3 is 0 Å². The van der Waals surface area contributed by atoms with Crippen molar-refractivity contribution in [2.24, 2.45) is 0 Å². The minimum Gasteiger partial charge on any atom is -0.507 e. The van der Waals surface area contributed by atoms with E-state index in [1.807, 2.05) is 13.8 Å². The molecule has 1 N–H and O–H groups in total. The summed E-state index contributed by atoms with van der Waals surface area (Å²) in [4.78, 5) is 29.9. The Kier molecular flexibility index (Phi) is 7.29. The van der Waals surface area contributed by atoms with Gasteiger partial charge in [-0.1, -0.05) is 12.1 Å². The molecule has 0 saturated carbocycles. The number of rotatable bonds is 7. The maximum absolute atomic E-state index is 13.6. The molecule has 0 bridgehead atoms. The van der Waals surface area contributed by atoms with Crippen molar-refractivity contribution in [3.8, 4) is 5.75 Å². The van der Waals surface area contributed by atoms with Crippen LogP contribution in [0.4, 0.5) is 4.39 Å². The molecule has 2 aliphatic rings. The fraction of sp³-hybridized carbons (Fsp3) is 0.385. The van der Waals surface area contributed by atoms with E-state index in [9.17, 15) is 19.1 Å². The lowest BCUT2D eigenvalue weighted by atomic mass is 9.94. The first-order valence-corrected chi connectivity index (χ1v) is 11.5. The molecular weight excluding hydrogens is 439 g/mol. The topological polar surface area (TPSA) is 79.3 Å². The van der Waals surface area contributed by atoms with Gasteiger partial charge in [-0.3, -0.25) is 14.5 Å². The van der Waals surface area contributed by atoms with E-state index in [0.29, 0.717) is 49.8 Å². The largest absolute Gasteiger partial charge is 0.507 e. The Hall–Kier alpha value is -3.23. The SMILES string of the molecule is CCOc1ccc(/C(O)=C2\C(=O)C(=O)N(CCN3CCOCC3)C2c2ccc(F)cc2)cc1C. The third kappa shape index (κ3) is 4.83. The highest BCUT2D eigenvalue weighted by atomic mass is 19.1. The maximum atomic E-state index is 13.6. The maximum Gasteiger partial charge on any atom is 0.295 e. The second kappa shape index (κ2) is 10.4. The molecule has 0 aliphatic carbocycles. The van der Waals surface area contributed by atoms with Crippen LogP contribution in [0.3, 0.4) is 0 Å². The summed E-state index contributed by atoms with van der Waals surface area (Å²) in [6.07, 6.45) is 0. The van der Waals surface area contributed by atoms with Crippen LogP contribution < -0.4 is 4.74 Å². The van der Waals surface area contributed by atoms with E-state index in [1.165, 1.54) is 17.0 Å². The van der Waals surface area contributed by atoms with Gasteiger partial charge in [-0.15, -0.1) is 0 Å². The highest BCUT2D eigenvalue weighted by molar-refractivity contribution is 6.46. The number of halogens is 1. The number of carbonyl (C=O) groups excluding carboxylic acids is 2. The third-order valence-electron chi connectivity index (χ3n) is 6.23. The fourth-order valence-corrected chi connectivity index (χ4v) is 4.45. The van der Waals surface area contributed by atoms with Gasteiger partial charge in [-0.05, 0) is 55.3 Å². The lowest BCUT2D eigenvalue weighted by Crippen LogP contribution is -2.42. The summed E-state index contributed by atoms with van der Waals surface area (Å²) in [5, 5.41) is 11.2. The molecule has 2 fully saturated rings. The molecule has 180 valence electrons. The molecule has 2 aliphatic heterocycles. The van der Waals surface area contributed by atoms with Gasteiger partial charge in [0.05, 0.1) is 31.4 Å². The molecule has 0 spiro atoms. The second-order valence-electron chi connectivity index (χ2n) is 8.41. The Labute approximate surface area is 198 Å². The summed E-state index contributed by atoms with van der Waals surface area (Å²) >= 11 is 0. The van der Waals surface area contributed by atoms with Crippen LogP contribution in [0.15, 0.2) is 48.0 Å². The molecule has 1 atom stereocenters. The molecule has 2 saturated heterocycles. The normalized spacial score (nSPS) is 20.7. The molecule has 1 amide bonds. The van der Waals surface area contributed by atoms with Crippen LogP contribution >= 0.6 is 0 Å². The summed E-state index contributed by atoms with van der Waals surface area (Å²) in [7, 11) is 0. The smallest absolute Gasteiger partial charge is 0.295 e. The average Bonchev–Trinajstić information content (AvgIpc) is 3.09. The van der Waals surface area contributed by atoms with Crippen LogP contribution in [0, 0.1) is 12.7 Å².